The molecule has 0 saturated carbocycles. The fourth-order valence-corrected chi connectivity index (χ4v) is 3.56. The van der Waals surface area contributed by atoms with E-state index in [1.807, 2.05) is 11.3 Å². The van der Waals surface area contributed by atoms with E-state index in [2.05, 4.69) is 48.3 Å². The van der Waals surface area contributed by atoms with Crippen molar-refractivity contribution < 1.29 is 0 Å². The Morgan fingerprint density at radius 1 is 1.25 bits per heavy atom. The summed E-state index contributed by atoms with van der Waals surface area (Å²) in [5.41, 5.74) is 0. The van der Waals surface area contributed by atoms with Gasteiger partial charge in [0.15, 0.2) is 0 Å². The standard InChI is InChI=1S/C16H29N3S/c1-4-15-5-6-16(20-15)13-17-14-7-9-19(10-8-14)12-11-18(2)3/h5-6,14,17H,4,7-13H2,1-3H3. The highest BCUT2D eigenvalue weighted by molar-refractivity contribution is 7.11. The van der Waals surface area contributed by atoms with Gasteiger partial charge in [0.1, 0.15) is 0 Å². The summed E-state index contributed by atoms with van der Waals surface area (Å²) >= 11 is 1.95. The zero-order valence-corrected chi connectivity index (χ0v) is 14.0. The van der Waals surface area contributed by atoms with Crippen LogP contribution in [0.2, 0.25) is 0 Å². The average Bonchev–Trinajstić information content (AvgIpc) is 2.92. The third-order valence-electron chi connectivity index (χ3n) is 4.08. The third-order valence-corrected chi connectivity index (χ3v) is 5.31. The molecule has 4 heteroatoms. The fraction of sp³-hybridized carbons (Fsp3) is 0.750. The summed E-state index contributed by atoms with van der Waals surface area (Å²) in [5, 5.41) is 3.73. The summed E-state index contributed by atoms with van der Waals surface area (Å²) in [6, 6.07) is 5.26. The molecule has 2 heterocycles. The monoisotopic (exact) mass is 295 g/mol. The highest BCUT2D eigenvalue weighted by atomic mass is 32.1. The van der Waals surface area contributed by atoms with E-state index in [4.69, 9.17) is 0 Å². The van der Waals surface area contributed by atoms with E-state index in [9.17, 15) is 0 Å². The van der Waals surface area contributed by atoms with Gasteiger partial charge in [0.25, 0.3) is 0 Å². The van der Waals surface area contributed by atoms with Crippen LogP contribution < -0.4 is 5.32 Å². The predicted molar refractivity (Wildman–Crippen MR) is 88.6 cm³/mol. The van der Waals surface area contributed by atoms with Gasteiger partial charge in [-0.05, 0) is 58.6 Å². The lowest BCUT2D eigenvalue weighted by Crippen LogP contribution is -2.44. The van der Waals surface area contributed by atoms with E-state index in [-0.39, 0.29) is 0 Å². The minimum atomic E-state index is 0.706. The van der Waals surface area contributed by atoms with E-state index in [1.165, 1.54) is 48.8 Å². The molecule has 0 atom stereocenters. The second-order valence-corrected chi connectivity index (χ2v) is 7.27. The van der Waals surface area contributed by atoms with E-state index in [0.717, 1.165) is 13.0 Å². The minimum absolute atomic E-state index is 0.706. The molecule has 2 rings (SSSR count). The van der Waals surface area contributed by atoms with E-state index >= 15 is 0 Å². The van der Waals surface area contributed by atoms with Gasteiger partial charge in [0, 0.05) is 35.4 Å². The molecule has 3 nitrogen and oxygen atoms in total. The number of thiophene rings is 1. The molecule has 20 heavy (non-hydrogen) atoms. The summed E-state index contributed by atoms with van der Waals surface area (Å²) in [7, 11) is 4.31. The highest BCUT2D eigenvalue weighted by Crippen LogP contribution is 2.18. The maximum absolute atomic E-state index is 3.73. The van der Waals surface area contributed by atoms with E-state index < -0.39 is 0 Å². The lowest BCUT2D eigenvalue weighted by Gasteiger charge is -2.33. The number of nitrogens with zero attached hydrogens (tertiary/aromatic N) is 2. The Morgan fingerprint density at radius 2 is 1.95 bits per heavy atom. The molecule has 0 unspecified atom stereocenters. The van der Waals surface area contributed by atoms with Crippen molar-refractivity contribution in [1.82, 2.24) is 15.1 Å². The van der Waals surface area contributed by atoms with Crippen molar-refractivity contribution in [3.63, 3.8) is 0 Å². The SMILES string of the molecule is CCc1ccc(CNC2CCN(CCN(C)C)CC2)s1. The Labute approximate surface area is 128 Å². The number of hydrogen-bond donors (Lipinski definition) is 1. The van der Waals surface area contributed by atoms with Gasteiger partial charge in [-0.1, -0.05) is 6.92 Å². The van der Waals surface area contributed by atoms with Crippen LogP contribution in [0.1, 0.15) is 29.5 Å². The Hall–Kier alpha value is -0.420. The van der Waals surface area contributed by atoms with Gasteiger partial charge >= 0.3 is 0 Å². The molecule has 1 N–H and O–H groups in total. The van der Waals surface area contributed by atoms with Crippen LogP contribution in [0.3, 0.4) is 0 Å². The molecule has 1 fully saturated rings. The fourth-order valence-electron chi connectivity index (χ4n) is 2.65. The topological polar surface area (TPSA) is 18.5 Å². The third kappa shape index (κ3) is 5.17. The average molecular weight is 295 g/mol. The number of likely N-dealkylation sites (N-methyl/N-ethyl adjacent to an activating group) is 1. The lowest BCUT2D eigenvalue weighted by atomic mass is 10.1. The van der Waals surface area contributed by atoms with Crippen LogP contribution in [-0.4, -0.2) is 56.1 Å². The Kier molecular flexibility index (Phi) is 6.49. The molecule has 1 aliphatic heterocycles. The molecule has 0 bridgehead atoms. The van der Waals surface area contributed by atoms with E-state index in [1.54, 1.807) is 0 Å². The van der Waals surface area contributed by atoms with Gasteiger partial charge in [0.05, 0.1) is 0 Å². The van der Waals surface area contributed by atoms with Crippen molar-refractivity contribution in [2.75, 3.05) is 40.3 Å². The van der Waals surface area contributed by atoms with Crippen LogP contribution in [0.5, 0.6) is 0 Å². The number of aryl methyl sites for hydroxylation is 1. The number of nitrogens with one attached hydrogen (secondary N) is 1. The molecule has 0 amide bonds. The lowest BCUT2D eigenvalue weighted by molar-refractivity contribution is 0.182. The van der Waals surface area contributed by atoms with Crippen molar-refractivity contribution >= 4 is 11.3 Å². The van der Waals surface area contributed by atoms with Crippen LogP contribution >= 0.6 is 11.3 Å². The summed E-state index contributed by atoms with van der Waals surface area (Å²) in [6.45, 7) is 8.16. The predicted octanol–water partition coefficient (Wildman–Crippen LogP) is 2.43. The first-order valence-electron chi connectivity index (χ1n) is 7.85. The zero-order valence-electron chi connectivity index (χ0n) is 13.2. The molecule has 0 spiro atoms. The molecule has 0 aliphatic carbocycles. The smallest absolute Gasteiger partial charge is 0.0302 e. The zero-order chi connectivity index (χ0) is 14.4. The van der Waals surface area contributed by atoms with Gasteiger partial charge < -0.3 is 15.1 Å². The number of rotatable bonds is 7. The normalized spacial score (nSPS) is 18.0. The molecule has 114 valence electrons. The van der Waals surface area contributed by atoms with Crippen LogP contribution in [-0.2, 0) is 13.0 Å². The van der Waals surface area contributed by atoms with Gasteiger partial charge in [0.2, 0.25) is 0 Å². The Balaban J connectivity index is 1.64. The Morgan fingerprint density at radius 3 is 2.55 bits per heavy atom. The van der Waals surface area contributed by atoms with Gasteiger partial charge in [-0.2, -0.15) is 0 Å². The number of likely N-dealkylation sites (tertiary alicyclic amines) is 1. The Bertz CT molecular complexity index is 381. The maximum atomic E-state index is 3.73. The first-order valence-corrected chi connectivity index (χ1v) is 8.67. The van der Waals surface area contributed by atoms with Crippen molar-refractivity contribution in [1.29, 1.82) is 0 Å². The summed E-state index contributed by atoms with van der Waals surface area (Å²) in [5.74, 6) is 0. The van der Waals surface area contributed by atoms with Crippen LogP contribution in [0, 0.1) is 0 Å². The molecule has 1 saturated heterocycles. The molecular formula is C16H29N3S. The first-order chi connectivity index (χ1) is 9.67. The minimum Gasteiger partial charge on any atom is -0.309 e. The van der Waals surface area contributed by atoms with Gasteiger partial charge in [-0.3, -0.25) is 0 Å². The van der Waals surface area contributed by atoms with Gasteiger partial charge in [-0.15, -0.1) is 11.3 Å². The first kappa shape index (κ1) is 16.0. The van der Waals surface area contributed by atoms with Crippen LogP contribution in [0.15, 0.2) is 12.1 Å². The van der Waals surface area contributed by atoms with Crippen LogP contribution in [0.4, 0.5) is 0 Å². The van der Waals surface area contributed by atoms with Crippen molar-refractivity contribution in [2.24, 2.45) is 0 Å². The van der Waals surface area contributed by atoms with E-state index in [0.29, 0.717) is 6.04 Å². The molecule has 1 aromatic rings. The van der Waals surface area contributed by atoms with Crippen molar-refractivity contribution in [3.8, 4) is 0 Å². The summed E-state index contributed by atoms with van der Waals surface area (Å²) in [6.07, 6.45) is 3.74. The molecule has 1 aromatic heterocycles. The second kappa shape index (κ2) is 8.13. The quantitative estimate of drug-likeness (QED) is 0.833. The summed E-state index contributed by atoms with van der Waals surface area (Å²) in [4.78, 5) is 7.85. The highest BCUT2D eigenvalue weighted by Gasteiger charge is 2.18. The van der Waals surface area contributed by atoms with Crippen molar-refractivity contribution in [2.45, 2.75) is 38.8 Å². The summed E-state index contributed by atoms with van der Waals surface area (Å²) < 4.78 is 0. The maximum Gasteiger partial charge on any atom is 0.0302 e. The number of hydrogen-bond acceptors (Lipinski definition) is 4. The van der Waals surface area contributed by atoms with Gasteiger partial charge in [-0.25, -0.2) is 0 Å². The molecule has 0 radical (unpaired) electrons. The van der Waals surface area contributed by atoms with Crippen molar-refractivity contribution in [3.05, 3.63) is 21.9 Å². The molecule has 1 aliphatic rings. The molecule has 0 aromatic carbocycles. The van der Waals surface area contributed by atoms with Crippen LogP contribution in [0.25, 0.3) is 0 Å². The number of piperidine rings is 1. The molecular weight excluding hydrogens is 266 g/mol. The second-order valence-electron chi connectivity index (χ2n) is 6.02. The largest absolute Gasteiger partial charge is 0.309 e.